The zero-order chi connectivity index (χ0) is 18.8. The summed E-state index contributed by atoms with van der Waals surface area (Å²) >= 11 is 0. The van der Waals surface area contributed by atoms with Gasteiger partial charge in [-0.2, -0.15) is 5.10 Å². The summed E-state index contributed by atoms with van der Waals surface area (Å²) in [5.41, 5.74) is 4.51. The molecule has 0 aliphatic heterocycles. The van der Waals surface area contributed by atoms with Gasteiger partial charge in [-0.3, -0.25) is 4.79 Å². The van der Waals surface area contributed by atoms with Gasteiger partial charge in [-0.25, -0.2) is 5.43 Å². The number of amides is 1. The van der Waals surface area contributed by atoms with Crippen molar-refractivity contribution in [3.05, 3.63) is 59.7 Å². The highest BCUT2D eigenvalue weighted by Gasteiger charge is 2.04. The Morgan fingerprint density at radius 2 is 1.85 bits per heavy atom. The van der Waals surface area contributed by atoms with E-state index in [2.05, 4.69) is 24.4 Å². The number of para-hydroxylation sites is 1. The zero-order valence-electron chi connectivity index (χ0n) is 15.6. The molecule has 138 valence electrons. The Morgan fingerprint density at radius 3 is 2.54 bits per heavy atom. The van der Waals surface area contributed by atoms with Gasteiger partial charge in [0.15, 0.2) is 6.61 Å². The van der Waals surface area contributed by atoms with E-state index in [-0.39, 0.29) is 12.5 Å². The minimum Gasteiger partial charge on any atom is -0.493 e. The van der Waals surface area contributed by atoms with Crippen LogP contribution >= 0.6 is 0 Å². The molecule has 0 radical (unpaired) electrons. The van der Waals surface area contributed by atoms with Crippen molar-refractivity contribution in [1.82, 2.24) is 5.43 Å². The van der Waals surface area contributed by atoms with Crippen molar-refractivity contribution in [2.75, 3.05) is 13.2 Å². The summed E-state index contributed by atoms with van der Waals surface area (Å²) in [7, 11) is 0. The molecule has 0 atom stereocenters. The van der Waals surface area contributed by atoms with E-state index >= 15 is 0 Å². The molecule has 0 spiro atoms. The van der Waals surface area contributed by atoms with Crippen LogP contribution in [0.15, 0.2) is 53.6 Å². The highest BCUT2D eigenvalue weighted by Crippen LogP contribution is 2.18. The molecule has 0 saturated carbocycles. The van der Waals surface area contributed by atoms with Gasteiger partial charge in [0, 0.05) is 5.56 Å². The lowest BCUT2D eigenvalue weighted by Crippen LogP contribution is -2.24. The Balaban J connectivity index is 1.82. The van der Waals surface area contributed by atoms with Gasteiger partial charge in [0.2, 0.25) is 0 Å². The number of benzene rings is 2. The minimum atomic E-state index is -0.318. The molecule has 5 heteroatoms. The quantitative estimate of drug-likeness (QED) is 0.544. The minimum absolute atomic E-state index is 0.0909. The van der Waals surface area contributed by atoms with Crippen molar-refractivity contribution in [2.45, 2.75) is 33.1 Å². The summed E-state index contributed by atoms with van der Waals surface area (Å²) in [4.78, 5) is 11.9. The molecular weight excluding hydrogens is 328 g/mol. The van der Waals surface area contributed by atoms with Crippen molar-refractivity contribution in [3.8, 4) is 11.5 Å². The van der Waals surface area contributed by atoms with Crippen LogP contribution in [0.2, 0.25) is 0 Å². The second kappa shape index (κ2) is 10.2. The number of nitrogens with zero attached hydrogens (tertiary/aromatic N) is 1. The highest BCUT2D eigenvalue weighted by atomic mass is 16.5. The number of hydrogen-bond acceptors (Lipinski definition) is 4. The van der Waals surface area contributed by atoms with Crippen LogP contribution in [0, 0.1) is 0 Å². The second-order valence-corrected chi connectivity index (χ2v) is 6.19. The number of carbonyl (C=O) groups excluding carboxylic acids is 1. The van der Waals surface area contributed by atoms with Crippen LogP contribution in [0.25, 0.3) is 0 Å². The fraction of sp³-hybridized carbons (Fsp3) is 0.333. The van der Waals surface area contributed by atoms with Crippen LogP contribution in [0.1, 0.15) is 44.2 Å². The Hall–Kier alpha value is -2.82. The monoisotopic (exact) mass is 354 g/mol. The number of carbonyl (C=O) groups is 1. The third-order valence-electron chi connectivity index (χ3n) is 3.69. The van der Waals surface area contributed by atoms with E-state index in [0.717, 1.165) is 17.7 Å². The van der Waals surface area contributed by atoms with Crippen molar-refractivity contribution in [1.29, 1.82) is 0 Å². The molecule has 2 rings (SSSR count). The average Bonchev–Trinajstić information content (AvgIpc) is 2.66. The first kappa shape index (κ1) is 19.5. The van der Waals surface area contributed by atoms with Gasteiger partial charge in [0.1, 0.15) is 11.5 Å². The molecule has 0 aliphatic carbocycles. The number of ether oxygens (including phenoxy) is 2. The van der Waals surface area contributed by atoms with Crippen molar-refractivity contribution < 1.29 is 14.3 Å². The summed E-state index contributed by atoms with van der Waals surface area (Å²) in [5, 5.41) is 3.98. The van der Waals surface area contributed by atoms with E-state index in [4.69, 9.17) is 9.47 Å². The van der Waals surface area contributed by atoms with Crippen LogP contribution in [0.3, 0.4) is 0 Å². The first-order chi connectivity index (χ1) is 12.6. The molecular formula is C21H26N2O3. The van der Waals surface area contributed by atoms with E-state index in [1.807, 2.05) is 55.5 Å². The van der Waals surface area contributed by atoms with Crippen molar-refractivity contribution in [2.24, 2.45) is 5.10 Å². The van der Waals surface area contributed by atoms with E-state index in [0.29, 0.717) is 18.3 Å². The van der Waals surface area contributed by atoms with E-state index in [9.17, 15) is 4.79 Å². The molecule has 0 unspecified atom stereocenters. The molecule has 0 saturated heterocycles. The van der Waals surface area contributed by atoms with Gasteiger partial charge in [0.25, 0.3) is 5.91 Å². The van der Waals surface area contributed by atoms with Gasteiger partial charge in [0.05, 0.1) is 12.8 Å². The molecule has 1 amide bonds. The fourth-order valence-electron chi connectivity index (χ4n) is 2.23. The number of nitrogens with one attached hydrogen (secondary N) is 1. The number of hydrazone groups is 1. The summed E-state index contributed by atoms with van der Waals surface area (Å²) in [6, 6.07) is 15.3. The maximum atomic E-state index is 11.9. The van der Waals surface area contributed by atoms with Crippen LogP contribution < -0.4 is 14.9 Å². The van der Waals surface area contributed by atoms with E-state index < -0.39 is 0 Å². The lowest BCUT2D eigenvalue weighted by Gasteiger charge is -2.08. The van der Waals surface area contributed by atoms with Crippen LogP contribution in [-0.4, -0.2) is 25.3 Å². The first-order valence-corrected chi connectivity index (χ1v) is 8.86. The maximum absolute atomic E-state index is 11.9. The van der Waals surface area contributed by atoms with Gasteiger partial charge in [-0.05, 0) is 42.2 Å². The van der Waals surface area contributed by atoms with Crippen LogP contribution in [0.4, 0.5) is 0 Å². The van der Waals surface area contributed by atoms with Gasteiger partial charge >= 0.3 is 0 Å². The average molecular weight is 354 g/mol. The van der Waals surface area contributed by atoms with Gasteiger partial charge < -0.3 is 9.47 Å². The summed E-state index contributed by atoms with van der Waals surface area (Å²) in [6.45, 7) is 6.86. The fourth-order valence-corrected chi connectivity index (χ4v) is 2.23. The highest BCUT2D eigenvalue weighted by molar-refractivity contribution is 5.85. The SMILES string of the molecule is CCCOc1ccccc1C=NNC(=O)COc1ccc(C(C)C)cc1. The predicted octanol–water partition coefficient (Wildman–Crippen LogP) is 4.13. The summed E-state index contributed by atoms with van der Waals surface area (Å²) < 4.78 is 11.1. The summed E-state index contributed by atoms with van der Waals surface area (Å²) in [6.07, 6.45) is 2.50. The largest absolute Gasteiger partial charge is 0.493 e. The lowest BCUT2D eigenvalue weighted by atomic mass is 10.0. The lowest BCUT2D eigenvalue weighted by molar-refractivity contribution is -0.123. The maximum Gasteiger partial charge on any atom is 0.277 e. The number of rotatable bonds is 9. The van der Waals surface area contributed by atoms with Crippen molar-refractivity contribution >= 4 is 12.1 Å². The molecule has 2 aromatic carbocycles. The Kier molecular flexibility index (Phi) is 7.68. The number of hydrogen-bond donors (Lipinski definition) is 1. The third kappa shape index (κ3) is 6.24. The van der Waals surface area contributed by atoms with Crippen molar-refractivity contribution in [3.63, 3.8) is 0 Å². The second-order valence-electron chi connectivity index (χ2n) is 6.19. The molecule has 0 bridgehead atoms. The molecule has 26 heavy (non-hydrogen) atoms. The standard InChI is InChI=1S/C21H26N2O3/c1-4-13-25-20-8-6-5-7-18(20)14-22-23-21(24)15-26-19-11-9-17(10-12-19)16(2)3/h5-12,14,16H,4,13,15H2,1-3H3,(H,23,24). The van der Waals surface area contributed by atoms with Crippen LogP contribution in [0.5, 0.6) is 11.5 Å². The Bertz CT molecular complexity index is 724. The third-order valence-corrected chi connectivity index (χ3v) is 3.69. The smallest absolute Gasteiger partial charge is 0.277 e. The molecule has 0 aliphatic rings. The molecule has 0 fully saturated rings. The van der Waals surface area contributed by atoms with Gasteiger partial charge in [-0.1, -0.05) is 45.0 Å². The van der Waals surface area contributed by atoms with E-state index in [1.165, 1.54) is 5.56 Å². The van der Waals surface area contributed by atoms with Gasteiger partial charge in [-0.15, -0.1) is 0 Å². The molecule has 0 heterocycles. The predicted molar refractivity (Wildman–Crippen MR) is 104 cm³/mol. The first-order valence-electron chi connectivity index (χ1n) is 8.86. The zero-order valence-corrected chi connectivity index (χ0v) is 15.6. The topological polar surface area (TPSA) is 59.9 Å². The molecule has 0 aromatic heterocycles. The molecule has 2 aromatic rings. The molecule has 1 N–H and O–H groups in total. The van der Waals surface area contributed by atoms with E-state index in [1.54, 1.807) is 6.21 Å². The Morgan fingerprint density at radius 1 is 1.12 bits per heavy atom. The molecule has 5 nitrogen and oxygen atoms in total. The summed E-state index contributed by atoms with van der Waals surface area (Å²) in [5.74, 6) is 1.55. The Labute approximate surface area is 155 Å². The normalized spacial score (nSPS) is 10.9. The van der Waals surface area contributed by atoms with Crippen LogP contribution in [-0.2, 0) is 4.79 Å².